The minimum absolute atomic E-state index is 0.0433. The first kappa shape index (κ1) is 25.8. The molecule has 0 saturated carbocycles. The largest absolute Gasteiger partial charge is 0.493 e. The lowest BCUT2D eigenvalue weighted by Crippen LogP contribution is -2.20. The fourth-order valence-corrected chi connectivity index (χ4v) is 4.22. The Morgan fingerprint density at radius 3 is 2.57 bits per heavy atom. The molecule has 0 bridgehead atoms. The van der Waals surface area contributed by atoms with Gasteiger partial charge in [0.05, 0.1) is 29.2 Å². The number of hydrogen-bond acceptors (Lipinski definition) is 7. The molecule has 1 fully saturated rings. The highest BCUT2D eigenvalue weighted by atomic mass is 32.2. The van der Waals surface area contributed by atoms with Gasteiger partial charge in [0, 0.05) is 18.9 Å². The Bertz CT molecular complexity index is 1420. The van der Waals surface area contributed by atoms with Gasteiger partial charge >= 0.3 is 6.18 Å². The number of aliphatic imine (C=N–C) groups is 1. The van der Waals surface area contributed by atoms with Crippen LogP contribution in [0.2, 0.25) is 0 Å². The fourth-order valence-electron chi connectivity index (χ4n) is 3.38. The summed E-state index contributed by atoms with van der Waals surface area (Å²) in [5, 5.41) is 12.1. The van der Waals surface area contributed by atoms with Crippen molar-refractivity contribution in [3.8, 4) is 23.3 Å². The molecule has 0 radical (unpaired) electrons. The van der Waals surface area contributed by atoms with Gasteiger partial charge in [-0.25, -0.2) is 0 Å². The van der Waals surface area contributed by atoms with E-state index in [1.54, 1.807) is 36.7 Å². The molecule has 2 heterocycles. The number of amides is 1. The van der Waals surface area contributed by atoms with E-state index in [9.17, 15) is 18.0 Å². The van der Waals surface area contributed by atoms with Crippen LogP contribution in [-0.4, -0.2) is 29.7 Å². The lowest BCUT2D eigenvalue weighted by Gasteiger charge is -2.16. The van der Waals surface area contributed by atoms with Crippen LogP contribution >= 0.6 is 11.8 Å². The molecule has 0 aliphatic carbocycles. The number of hydrogen-bond donors (Lipinski definition) is 1. The van der Waals surface area contributed by atoms with Gasteiger partial charge in [-0.15, -0.1) is 0 Å². The zero-order valence-electron chi connectivity index (χ0n) is 19.4. The van der Waals surface area contributed by atoms with Gasteiger partial charge in [-0.05, 0) is 77.9 Å². The Morgan fingerprint density at radius 2 is 1.86 bits per heavy atom. The summed E-state index contributed by atoms with van der Waals surface area (Å²) < 4.78 is 51.3. The van der Waals surface area contributed by atoms with Crippen molar-refractivity contribution in [1.29, 1.82) is 5.26 Å². The van der Waals surface area contributed by atoms with Crippen LogP contribution in [0.15, 0.2) is 70.8 Å². The molecular formula is C26H19F3N4O3S. The Morgan fingerprint density at radius 1 is 1.11 bits per heavy atom. The molecule has 7 nitrogen and oxygen atoms in total. The topological polar surface area (TPSA) is 96.6 Å². The number of carbonyl (C=O) groups is 1. The van der Waals surface area contributed by atoms with Crippen LogP contribution in [0.4, 0.5) is 13.2 Å². The molecule has 188 valence electrons. The molecule has 1 N–H and O–H groups in total. The molecule has 1 saturated heterocycles. The van der Waals surface area contributed by atoms with Crippen molar-refractivity contribution in [2.45, 2.75) is 12.6 Å². The average Bonchev–Trinajstić information content (AvgIpc) is 3.23. The van der Waals surface area contributed by atoms with Crippen LogP contribution < -0.4 is 14.8 Å². The first-order valence-corrected chi connectivity index (χ1v) is 11.7. The van der Waals surface area contributed by atoms with Gasteiger partial charge in [-0.3, -0.25) is 14.8 Å². The number of thioether (sulfide) groups is 1. The number of aromatic nitrogens is 1. The fraction of sp³-hybridized carbons (Fsp3) is 0.154. The zero-order chi connectivity index (χ0) is 26.4. The number of amidine groups is 1. The number of carbonyl (C=O) groups excluding carboxylic acids is 1. The second-order valence-corrected chi connectivity index (χ2v) is 8.72. The number of ether oxygens (including phenoxy) is 2. The summed E-state index contributed by atoms with van der Waals surface area (Å²) in [6.45, 7) is 0.495. The normalized spacial score (nSPS) is 15.5. The van der Waals surface area contributed by atoms with Crippen LogP contribution in [0, 0.1) is 11.3 Å². The molecule has 1 amide bonds. The smallest absolute Gasteiger partial charge is 0.420 e. The maximum absolute atomic E-state index is 13.5. The van der Waals surface area contributed by atoms with E-state index in [4.69, 9.17) is 14.7 Å². The second-order valence-electron chi connectivity index (χ2n) is 7.69. The van der Waals surface area contributed by atoms with Crippen molar-refractivity contribution < 1.29 is 27.4 Å². The van der Waals surface area contributed by atoms with Crippen molar-refractivity contribution in [3.63, 3.8) is 0 Å². The molecule has 0 unspecified atom stereocenters. The van der Waals surface area contributed by atoms with Crippen molar-refractivity contribution in [2.75, 3.05) is 13.7 Å². The zero-order valence-corrected chi connectivity index (χ0v) is 20.2. The number of methoxy groups -OCH3 is 1. The predicted molar refractivity (Wildman–Crippen MR) is 133 cm³/mol. The minimum Gasteiger partial charge on any atom is -0.493 e. The molecule has 1 aliphatic rings. The monoisotopic (exact) mass is 524 g/mol. The van der Waals surface area contributed by atoms with Crippen molar-refractivity contribution >= 4 is 28.9 Å². The SMILES string of the molecule is COc1cc(/C=C2\SC(=NCCc3ccncc3)NC2=O)ccc1Oc1ccc(C#N)cc1C(F)(F)F. The highest BCUT2D eigenvalue weighted by Crippen LogP contribution is 2.41. The maximum Gasteiger partial charge on any atom is 0.420 e. The van der Waals surface area contributed by atoms with E-state index in [-0.39, 0.29) is 23.0 Å². The third-order valence-electron chi connectivity index (χ3n) is 5.18. The molecule has 4 rings (SSSR count). The molecule has 2 aromatic carbocycles. The van der Waals surface area contributed by atoms with Gasteiger partial charge in [-0.2, -0.15) is 18.4 Å². The average molecular weight is 525 g/mol. The number of halogens is 3. The minimum atomic E-state index is -4.72. The van der Waals surface area contributed by atoms with Crippen LogP contribution in [-0.2, 0) is 17.4 Å². The lowest BCUT2D eigenvalue weighted by atomic mass is 10.1. The van der Waals surface area contributed by atoms with E-state index in [0.717, 1.165) is 17.7 Å². The van der Waals surface area contributed by atoms with Gasteiger partial charge in [0.2, 0.25) is 0 Å². The van der Waals surface area contributed by atoms with Gasteiger partial charge in [0.1, 0.15) is 5.75 Å². The molecule has 1 aliphatic heterocycles. The van der Waals surface area contributed by atoms with E-state index in [1.807, 2.05) is 12.1 Å². The number of nitrogens with zero attached hydrogens (tertiary/aromatic N) is 3. The number of nitrogens with one attached hydrogen (secondary N) is 1. The van der Waals surface area contributed by atoms with Gasteiger partial charge < -0.3 is 14.8 Å². The molecule has 3 aromatic rings. The molecular weight excluding hydrogens is 505 g/mol. The molecule has 0 atom stereocenters. The van der Waals surface area contributed by atoms with Crippen molar-refractivity contribution in [3.05, 3.63) is 88.1 Å². The van der Waals surface area contributed by atoms with Crippen molar-refractivity contribution in [1.82, 2.24) is 10.3 Å². The van der Waals surface area contributed by atoms with Gasteiger partial charge in [-0.1, -0.05) is 6.07 Å². The van der Waals surface area contributed by atoms with Gasteiger partial charge in [0.15, 0.2) is 16.7 Å². The van der Waals surface area contributed by atoms with Crippen LogP contribution in [0.1, 0.15) is 22.3 Å². The molecule has 37 heavy (non-hydrogen) atoms. The number of alkyl halides is 3. The number of pyridine rings is 1. The first-order valence-electron chi connectivity index (χ1n) is 10.9. The summed E-state index contributed by atoms with van der Waals surface area (Å²) >= 11 is 1.19. The second kappa shape index (κ2) is 11.2. The summed E-state index contributed by atoms with van der Waals surface area (Å²) in [6, 6.07) is 13.1. The summed E-state index contributed by atoms with van der Waals surface area (Å²) in [5.74, 6) is -0.558. The van der Waals surface area contributed by atoms with E-state index in [2.05, 4.69) is 15.3 Å². The molecule has 1 aromatic heterocycles. The predicted octanol–water partition coefficient (Wildman–Crippen LogP) is 5.58. The highest BCUT2D eigenvalue weighted by Gasteiger charge is 2.35. The maximum atomic E-state index is 13.5. The highest BCUT2D eigenvalue weighted by molar-refractivity contribution is 8.18. The number of nitriles is 1. The Labute approximate surface area is 214 Å². The van der Waals surface area contributed by atoms with Crippen LogP contribution in [0.3, 0.4) is 0 Å². The summed E-state index contributed by atoms with van der Waals surface area (Å²) in [7, 11) is 1.35. The first-order chi connectivity index (χ1) is 17.8. The molecule has 0 spiro atoms. The Hall–Kier alpha value is -4.30. The van der Waals surface area contributed by atoms with Crippen LogP contribution in [0.25, 0.3) is 6.08 Å². The standard InChI is InChI=1S/C26H19F3N4O3S/c1-35-22-13-17(2-5-21(22)36-20-4-3-18(15-30)12-19(20)26(27,28)29)14-23-24(34)33-25(37-23)32-11-8-16-6-9-31-10-7-16/h2-7,9-10,12-14H,8,11H2,1H3,(H,32,33,34)/b23-14-. The molecule has 11 heteroatoms. The van der Waals surface area contributed by atoms with Gasteiger partial charge in [0.25, 0.3) is 5.91 Å². The van der Waals surface area contributed by atoms with E-state index >= 15 is 0 Å². The summed E-state index contributed by atoms with van der Waals surface area (Å²) in [5.41, 5.74) is 0.453. The third kappa shape index (κ3) is 6.48. The Kier molecular flexibility index (Phi) is 7.79. The van der Waals surface area contributed by atoms with E-state index in [0.29, 0.717) is 28.6 Å². The van der Waals surface area contributed by atoms with Crippen molar-refractivity contribution in [2.24, 2.45) is 4.99 Å². The number of benzene rings is 2. The summed E-state index contributed by atoms with van der Waals surface area (Å²) in [4.78, 5) is 21.2. The number of rotatable bonds is 7. The van der Waals surface area contributed by atoms with Crippen LogP contribution in [0.5, 0.6) is 17.2 Å². The Balaban J connectivity index is 1.50. The summed E-state index contributed by atoms with van der Waals surface area (Å²) in [6.07, 6.45) is 1.03. The van der Waals surface area contributed by atoms with E-state index < -0.39 is 17.5 Å². The quantitative estimate of drug-likeness (QED) is 0.406. The van der Waals surface area contributed by atoms with E-state index in [1.165, 1.54) is 31.0 Å². The third-order valence-corrected chi connectivity index (χ3v) is 6.12. The lowest BCUT2D eigenvalue weighted by molar-refractivity contribution is -0.138.